The molecule has 0 aromatic heterocycles. The first-order valence-corrected chi connectivity index (χ1v) is 11.7. The molecule has 6 nitrogen and oxygen atoms in total. The number of hydrogen-bond donors (Lipinski definition) is 0. The maximum Gasteiger partial charge on any atom is 0.257 e. The molecule has 2 aromatic carbocycles. The molecule has 0 radical (unpaired) electrons. The van der Waals surface area contributed by atoms with Crippen molar-refractivity contribution in [3.63, 3.8) is 0 Å². The number of halogens is 1. The Balaban J connectivity index is 1.71. The third kappa shape index (κ3) is 4.30. The topological polar surface area (TPSA) is 66.9 Å². The molecule has 0 saturated carbocycles. The highest BCUT2D eigenvalue weighted by Crippen LogP contribution is 2.27. The summed E-state index contributed by atoms with van der Waals surface area (Å²) in [5, 5.41) is 0.482. The first-order chi connectivity index (χ1) is 13.4. The van der Waals surface area contributed by atoms with Crippen LogP contribution in [-0.2, 0) is 10.0 Å². The zero-order valence-corrected chi connectivity index (χ0v) is 18.0. The Kier molecular flexibility index (Phi) is 6.54. The maximum atomic E-state index is 12.9. The van der Waals surface area contributed by atoms with E-state index in [9.17, 15) is 13.2 Å². The summed E-state index contributed by atoms with van der Waals surface area (Å²) in [5.41, 5.74) is 0.481. The summed E-state index contributed by atoms with van der Waals surface area (Å²) in [5.74, 6) is 0.362. The summed E-state index contributed by atoms with van der Waals surface area (Å²) in [6.07, 6.45) is 1.95. The summed E-state index contributed by atoms with van der Waals surface area (Å²) >= 11 is 7.41. The normalized spacial score (nSPS) is 15.5. The van der Waals surface area contributed by atoms with Gasteiger partial charge in [0.2, 0.25) is 10.0 Å². The van der Waals surface area contributed by atoms with Crippen molar-refractivity contribution in [1.82, 2.24) is 9.21 Å². The molecule has 1 aliphatic rings. The van der Waals surface area contributed by atoms with Crippen LogP contribution in [0.1, 0.15) is 10.4 Å². The second kappa shape index (κ2) is 8.73. The number of carbonyl (C=O) groups is 1. The van der Waals surface area contributed by atoms with Crippen molar-refractivity contribution in [3.8, 4) is 5.75 Å². The molecule has 0 spiro atoms. The van der Waals surface area contributed by atoms with E-state index < -0.39 is 10.0 Å². The van der Waals surface area contributed by atoms with E-state index in [-0.39, 0.29) is 23.9 Å². The molecule has 0 atom stereocenters. The molecule has 9 heteroatoms. The number of methoxy groups -OCH3 is 1. The van der Waals surface area contributed by atoms with Crippen LogP contribution in [0.4, 0.5) is 0 Å². The Bertz CT molecular complexity index is 956. The van der Waals surface area contributed by atoms with Gasteiger partial charge in [0.1, 0.15) is 5.75 Å². The van der Waals surface area contributed by atoms with Crippen molar-refractivity contribution in [2.24, 2.45) is 0 Å². The van der Waals surface area contributed by atoms with E-state index >= 15 is 0 Å². The molecule has 1 fully saturated rings. The smallest absolute Gasteiger partial charge is 0.257 e. The van der Waals surface area contributed by atoms with Gasteiger partial charge in [-0.05, 0) is 48.7 Å². The van der Waals surface area contributed by atoms with Gasteiger partial charge in [0.05, 0.1) is 17.6 Å². The lowest BCUT2D eigenvalue weighted by Gasteiger charge is -2.34. The predicted octanol–water partition coefficient (Wildman–Crippen LogP) is 3.22. The van der Waals surface area contributed by atoms with E-state index in [1.165, 1.54) is 23.5 Å². The molecular formula is C19H21ClN2O4S2. The van der Waals surface area contributed by atoms with Gasteiger partial charge >= 0.3 is 0 Å². The minimum Gasteiger partial charge on any atom is -0.496 e. The van der Waals surface area contributed by atoms with E-state index in [2.05, 4.69) is 0 Å². The fraction of sp³-hybridized carbons (Fsp3) is 0.316. The number of piperazine rings is 1. The molecular weight excluding hydrogens is 420 g/mol. The highest BCUT2D eigenvalue weighted by atomic mass is 35.5. The van der Waals surface area contributed by atoms with E-state index in [0.29, 0.717) is 29.4 Å². The number of carbonyl (C=O) groups excluding carboxylic acids is 1. The fourth-order valence-corrected chi connectivity index (χ4v) is 5.01. The van der Waals surface area contributed by atoms with Gasteiger partial charge in [-0.3, -0.25) is 4.79 Å². The number of benzene rings is 2. The number of hydrogen-bond acceptors (Lipinski definition) is 5. The molecule has 0 bridgehead atoms. The van der Waals surface area contributed by atoms with Gasteiger partial charge in [-0.2, -0.15) is 4.31 Å². The van der Waals surface area contributed by atoms with Crippen molar-refractivity contribution in [2.75, 3.05) is 39.5 Å². The summed E-state index contributed by atoms with van der Waals surface area (Å²) in [4.78, 5) is 15.8. The van der Waals surface area contributed by atoms with Crippen molar-refractivity contribution >= 4 is 39.3 Å². The van der Waals surface area contributed by atoms with Crippen molar-refractivity contribution in [2.45, 2.75) is 9.79 Å². The molecule has 150 valence electrons. The van der Waals surface area contributed by atoms with Crippen molar-refractivity contribution in [3.05, 3.63) is 53.1 Å². The lowest BCUT2D eigenvalue weighted by molar-refractivity contribution is 0.0694. The number of thioether (sulfide) groups is 1. The molecule has 2 aromatic rings. The molecule has 0 N–H and O–H groups in total. The maximum absolute atomic E-state index is 12.9. The molecule has 28 heavy (non-hydrogen) atoms. The highest BCUT2D eigenvalue weighted by molar-refractivity contribution is 7.98. The van der Waals surface area contributed by atoms with E-state index in [0.717, 1.165) is 4.90 Å². The second-order valence-corrected chi connectivity index (χ2v) is 9.47. The fourth-order valence-electron chi connectivity index (χ4n) is 3.03. The van der Waals surface area contributed by atoms with Gasteiger partial charge < -0.3 is 9.64 Å². The van der Waals surface area contributed by atoms with E-state index in [1.807, 2.05) is 18.4 Å². The van der Waals surface area contributed by atoms with Crippen molar-refractivity contribution in [1.29, 1.82) is 0 Å². The molecule has 1 amide bonds. The molecule has 0 aliphatic carbocycles. The monoisotopic (exact) mass is 440 g/mol. The van der Waals surface area contributed by atoms with Crippen LogP contribution in [0.3, 0.4) is 0 Å². The number of rotatable bonds is 5. The van der Waals surface area contributed by atoms with E-state index in [1.54, 1.807) is 34.9 Å². The zero-order chi connectivity index (χ0) is 20.3. The summed E-state index contributed by atoms with van der Waals surface area (Å²) in [6, 6.07) is 11.6. The van der Waals surface area contributed by atoms with Crippen LogP contribution < -0.4 is 4.74 Å². The largest absolute Gasteiger partial charge is 0.496 e. The second-order valence-electron chi connectivity index (χ2n) is 6.22. The average molecular weight is 441 g/mol. The number of amides is 1. The molecule has 1 saturated heterocycles. The van der Waals surface area contributed by atoms with Crippen LogP contribution in [0, 0.1) is 0 Å². The van der Waals surface area contributed by atoms with E-state index in [4.69, 9.17) is 16.3 Å². The van der Waals surface area contributed by atoms with Gasteiger partial charge in [0.15, 0.2) is 0 Å². The third-order valence-electron chi connectivity index (χ3n) is 4.62. The Morgan fingerprint density at radius 3 is 2.29 bits per heavy atom. The van der Waals surface area contributed by atoms with Gasteiger partial charge in [0, 0.05) is 36.1 Å². The Labute approximate surface area is 174 Å². The average Bonchev–Trinajstić information content (AvgIpc) is 2.73. The van der Waals surface area contributed by atoms with Crippen LogP contribution >= 0.6 is 23.4 Å². The first-order valence-electron chi connectivity index (χ1n) is 8.64. The summed E-state index contributed by atoms with van der Waals surface area (Å²) in [7, 11) is -2.07. The highest BCUT2D eigenvalue weighted by Gasteiger charge is 2.31. The van der Waals surface area contributed by atoms with Crippen LogP contribution in [0.15, 0.2) is 52.3 Å². The quantitative estimate of drug-likeness (QED) is 0.668. The lowest BCUT2D eigenvalue weighted by Crippen LogP contribution is -2.50. The Morgan fingerprint density at radius 1 is 1.07 bits per heavy atom. The van der Waals surface area contributed by atoms with Crippen LogP contribution in [0.2, 0.25) is 5.02 Å². The minimum atomic E-state index is -3.61. The van der Waals surface area contributed by atoms with Crippen molar-refractivity contribution < 1.29 is 17.9 Å². The first kappa shape index (κ1) is 21.0. The predicted molar refractivity (Wildman–Crippen MR) is 111 cm³/mol. The lowest BCUT2D eigenvalue weighted by atomic mass is 10.1. The SMILES string of the molecule is COc1cc(SC)ccc1C(=O)N1CCN(S(=O)(=O)c2ccc(Cl)cc2)CC1. The Hall–Kier alpha value is -1.74. The number of sulfonamides is 1. The van der Waals surface area contributed by atoms with Gasteiger partial charge in [-0.1, -0.05) is 11.6 Å². The molecule has 1 aliphatic heterocycles. The number of ether oxygens (including phenoxy) is 1. The molecule has 0 unspecified atom stereocenters. The summed E-state index contributed by atoms with van der Waals surface area (Å²) < 4.78 is 32.3. The molecule has 1 heterocycles. The van der Waals surface area contributed by atoms with Crippen LogP contribution in [0.25, 0.3) is 0 Å². The van der Waals surface area contributed by atoms with Gasteiger partial charge in [-0.15, -0.1) is 11.8 Å². The third-order valence-corrected chi connectivity index (χ3v) is 7.51. The standard InChI is InChI=1S/C19H21ClN2O4S2/c1-26-18-13-15(27-2)5-8-17(18)19(23)21-9-11-22(12-10-21)28(24,25)16-6-3-14(20)4-7-16/h3-8,13H,9-12H2,1-2H3. The van der Waals surface area contributed by atoms with Gasteiger partial charge in [0.25, 0.3) is 5.91 Å². The minimum absolute atomic E-state index is 0.159. The van der Waals surface area contributed by atoms with Crippen LogP contribution in [0.5, 0.6) is 5.75 Å². The summed E-state index contributed by atoms with van der Waals surface area (Å²) in [6.45, 7) is 1.11. The number of nitrogens with zero attached hydrogens (tertiary/aromatic N) is 2. The zero-order valence-electron chi connectivity index (χ0n) is 15.6. The van der Waals surface area contributed by atoms with Gasteiger partial charge in [-0.25, -0.2) is 8.42 Å². The van der Waals surface area contributed by atoms with Crippen LogP contribution in [-0.4, -0.2) is 63.1 Å². The Morgan fingerprint density at radius 2 is 1.71 bits per heavy atom. The molecule has 3 rings (SSSR count).